The second-order valence-corrected chi connectivity index (χ2v) is 16.2. The third-order valence-electron chi connectivity index (χ3n) is 7.78. The number of halogens is 2. The van der Waals surface area contributed by atoms with Crippen molar-refractivity contribution >= 4 is 3.21 Å². The van der Waals surface area contributed by atoms with Crippen molar-refractivity contribution in [2.45, 2.75) is 119 Å². The molecule has 1 unspecified atom stereocenters. The zero-order chi connectivity index (χ0) is 28.3. The Balaban J connectivity index is 0.000000351. The molecule has 40 heavy (non-hydrogen) atoms. The van der Waals surface area contributed by atoms with Crippen molar-refractivity contribution in [2.75, 3.05) is 0 Å². The van der Waals surface area contributed by atoms with Gasteiger partial charge in [0, 0.05) is 0 Å². The summed E-state index contributed by atoms with van der Waals surface area (Å²) in [5.41, 5.74) is 10.5. The molecule has 0 radical (unpaired) electrons. The summed E-state index contributed by atoms with van der Waals surface area (Å²) < 4.78 is 1.80. The topological polar surface area (TPSA) is 0 Å². The number of allylic oxidation sites excluding steroid dienone is 4. The van der Waals surface area contributed by atoms with E-state index in [1.165, 1.54) is 71.1 Å². The number of rotatable bonds is 0. The third kappa shape index (κ3) is 10.5. The van der Waals surface area contributed by atoms with Gasteiger partial charge in [-0.25, -0.2) is 6.08 Å². The number of hydrogen-bond acceptors (Lipinski definition) is 0. The van der Waals surface area contributed by atoms with Crippen LogP contribution in [0.15, 0.2) is 48.1 Å². The molecule has 0 bridgehead atoms. The van der Waals surface area contributed by atoms with Crippen LogP contribution in [0.25, 0.3) is 11.1 Å². The van der Waals surface area contributed by atoms with Crippen LogP contribution in [0.1, 0.15) is 124 Å². The van der Waals surface area contributed by atoms with Crippen molar-refractivity contribution in [3.8, 4) is 11.1 Å². The van der Waals surface area contributed by atoms with E-state index in [9.17, 15) is 0 Å². The fourth-order valence-electron chi connectivity index (χ4n) is 5.02. The summed E-state index contributed by atoms with van der Waals surface area (Å²) in [7, 11) is 0. The summed E-state index contributed by atoms with van der Waals surface area (Å²) in [6.07, 6.45) is 16.0. The number of benzene rings is 2. The Labute approximate surface area is 274 Å². The normalized spacial score (nSPS) is 17.6. The molecular weight excluding hydrogens is 607 g/mol. The van der Waals surface area contributed by atoms with Crippen molar-refractivity contribution < 1.29 is 49.0 Å². The van der Waals surface area contributed by atoms with Crippen LogP contribution in [0.2, 0.25) is 0 Å². The van der Waals surface area contributed by atoms with E-state index in [2.05, 4.69) is 124 Å². The van der Waals surface area contributed by atoms with Gasteiger partial charge in [0.1, 0.15) is 0 Å². The molecule has 3 aliphatic carbocycles. The van der Waals surface area contributed by atoms with Gasteiger partial charge in [0.15, 0.2) is 0 Å². The first-order valence-electron chi connectivity index (χ1n) is 14.6. The maximum atomic E-state index is 3.53. The Morgan fingerprint density at radius 1 is 0.750 bits per heavy atom. The van der Waals surface area contributed by atoms with Gasteiger partial charge in [-0.15, -0.1) is 5.56 Å². The minimum atomic E-state index is 0. The van der Waals surface area contributed by atoms with Crippen molar-refractivity contribution in [3.63, 3.8) is 0 Å². The summed E-state index contributed by atoms with van der Waals surface area (Å²) in [5.74, 6) is 0.522. The maximum absolute atomic E-state index is 3.53. The Morgan fingerprint density at radius 3 is 1.75 bits per heavy atom. The van der Waals surface area contributed by atoms with Gasteiger partial charge >= 0.3 is 59.5 Å². The van der Waals surface area contributed by atoms with E-state index in [1.807, 2.05) is 0 Å². The molecular formula is C37H50Cl2Zr-2. The van der Waals surface area contributed by atoms with E-state index in [0.29, 0.717) is 11.3 Å². The summed E-state index contributed by atoms with van der Waals surface area (Å²) in [6.45, 7) is 22.5. The summed E-state index contributed by atoms with van der Waals surface area (Å²) in [4.78, 5) is 0. The first-order valence-corrected chi connectivity index (χ1v) is 15.9. The summed E-state index contributed by atoms with van der Waals surface area (Å²) in [6, 6.07) is 15.1. The van der Waals surface area contributed by atoms with E-state index in [0.717, 1.165) is 6.42 Å². The van der Waals surface area contributed by atoms with Crippen molar-refractivity contribution in [2.24, 2.45) is 11.3 Å². The van der Waals surface area contributed by atoms with Gasteiger partial charge in [0.2, 0.25) is 0 Å². The van der Waals surface area contributed by atoms with Crippen LogP contribution in [-0.4, -0.2) is 3.21 Å². The minimum absolute atomic E-state index is 0. The van der Waals surface area contributed by atoms with E-state index in [-0.39, 0.29) is 35.6 Å². The monoisotopic (exact) mass is 654 g/mol. The fraction of sp³-hybridized carbons (Fsp3) is 0.541. The Hall–Kier alpha value is -0.747. The van der Waals surface area contributed by atoms with Crippen LogP contribution in [0.5, 0.6) is 0 Å². The second-order valence-electron chi connectivity index (χ2n) is 14.5. The molecule has 0 N–H and O–H groups in total. The predicted octanol–water partition coefficient (Wildman–Crippen LogP) is 4.30. The molecule has 218 valence electrons. The van der Waals surface area contributed by atoms with Gasteiger partial charge in [0.25, 0.3) is 0 Å². The molecule has 2 aromatic carbocycles. The molecule has 0 aliphatic heterocycles. The van der Waals surface area contributed by atoms with Crippen LogP contribution in [0, 0.1) is 23.5 Å². The van der Waals surface area contributed by atoms with Crippen molar-refractivity contribution in [3.05, 3.63) is 82.5 Å². The predicted molar refractivity (Wildman–Crippen MR) is 164 cm³/mol. The SMILES string of the molecule is CC(C)(C)c1c[c-]c2c(c1)-c1cc(C(C)(C)C)ccc1C2.CC1[C-]=CC(C(C)(C)C)=C1.[Cl-].[Cl-].[Zr+2]=[C]1CCCCC1. The van der Waals surface area contributed by atoms with Gasteiger partial charge in [-0.2, -0.15) is 41.0 Å². The molecule has 0 amide bonds. The van der Waals surface area contributed by atoms with Crippen LogP contribution >= 0.6 is 0 Å². The standard InChI is InChI=1S/C21H25.C10H15.C6H10.2ClH.Zr/c1-20(2,3)16-9-7-14-11-15-8-10-17(21(4,5)6)13-19(15)18(14)12-16;1-8-5-6-9(7-8)10(2,3)4;1-2-4-6-5-3-1;;;/h7,9-10,12-13H,11H2,1-6H3;6-8H,1-4H3;1-5H2;2*1H;/q2*-1;;;;+2/p-2. The number of hydrogen-bond donors (Lipinski definition) is 0. The average molecular weight is 657 g/mol. The molecule has 5 rings (SSSR count). The Kier molecular flexibility index (Phi) is 14.1. The molecule has 1 atom stereocenters. The van der Waals surface area contributed by atoms with Crippen molar-refractivity contribution in [1.29, 1.82) is 0 Å². The molecule has 3 heteroatoms. The fourth-order valence-corrected chi connectivity index (χ4v) is 5.89. The molecule has 0 saturated heterocycles. The quantitative estimate of drug-likeness (QED) is 0.317. The first kappa shape index (κ1) is 37.3. The van der Waals surface area contributed by atoms with Crippen LogP contribution in [0.3, 0.4) is 0 Å². The molecule has 0 aromatic heterocycles. The summed E-state index contributed by atoms with van der Waals surface area (Å²) in [5, 5.41) is 0. The molecule has 0 spiro atoms. The molecule has 1 fully saturated rings. The molecule has 2 aromatic rings. The van der Waals surface area contributed by atoms with Crippen LogP contribution in [0.4, 0.5) is 0 Å². The summed E-state index contributed by atoms with van der Waals surface area (Å²) >= 11 is 1.69. The second kappa shape index (κ2) is 15.1. The zero-order valence-electron chi connectivity index (χ0n) is 26.6. The first-order chi connectivity index (χ1) is 17.6. The van der Waals surface area contributed by atoms with Crippen LogP contribution in [-0.2, 0) is 41.5 Å². The Bertz CT molecular complexity index is 1130. The number of fused-ring (bicyclic) bond motifs is 3. The van der Waals surface area contributed by atoms with E-state index < -0.39 is 0 Å². The van der Waals surface area contributed by atoms with Gasteiger partial charge in [-0.3, -0.25) is 6.08 Å². The Morgan fingerprint density at radius 2 is 1.32 bits per heavy atom. The van der Waals surface area contributed by atoms with Gasteiger partial charge in [0.05, 0.1) is 0 Å². The van der Waals surface area contributed by atoms with E-state index >= 15 is 0 Å². The van der Waals surface area contributed by atoms with Gasteiger partial charge < -0.3 is 24.8 Å². The zero-order valence-corrected chi connectivity index (χ0v) is 30.6. The average Bonchev–Trinajstić information content (AvgIpc) is 3.42. The third-order valence-corrected chi connectivity index (χ3v) is 9.01. The molecule has 1 saturated carbocycles. The van der Waals surface area contributed by atoms with E-state index in [1.54, 1.807) is 27.4 Å². The van der Waals surface area contributed by atoms with Crippen molar-refractivity contribution in [1.82, 2.24) is 0 Å². The van der Waals surface area contributed by atoms with Gasteiger partial charge in [-0.1, -0.05) is 115 Å². The molecule has 0 nitrogen and oxygen atoms in total. The molecule has 0 heterocycles. The molecule has 3 aliphatic rings. The van der Waals surface area contributed by atoms with Gasteiger partial charge in [-0.05, 0) is 17.4 Å². The van der Waals surface area contributed by atoms with E-state index in [4.69, 9.17) is 0 Å². The van der Waals surface area contributed by atoms with Crippen LogP contribution < -0.4 is 24.8 Å².